The number of nitrogens with zero attached hydrogens (tertiary/aromatic N) is 4. The van der Waals surface area contributed by atoms with Crippen LogP contribution < -0.4 is 5.32 Å². The molecule has 2 aromatic rings. The van der Waals surface area contributed by atoms with Crippen molar-refractivity contribution in [3.63, 3.8) is 0 Å². The van der Waals surface area contributed by atoms with E-state index in [0.29, 0.717) is 12.2 Å². The number of nitrogens with one attached hydrogen (secondary N) is 1. The summed E-state index contributed by atoms with van der Waals surface area (Å²) < 4.78 is 6.45. The molecule has 0 aliphatic heterocycles. The Bertz CT molecular complexity index is 814. The van der Waals surface area contributed by atoms with Crippen molar-refractivity contribution in [1.29, 1.82) is 0 Å². The number of hydrogen-bond acceptors (Lipinski definition) is 6. The number of amides is 2. The fourth-order valence-electron chi connectivity index (χ4n) is 1.96. The van der Waals surface area contributed by atoms with Gasteiger partial charge in [0.25, 0.3) is 5.91 Å². The normalized spacial score (nSPS) is 10.6. The molecule has 2 amide bonds. The molecule has 0 fully saturated rings. The van der Waals surface area contributed by atoms with Gasteiger partial charge in [0.05, 0.1) is 19.3 Å². The molecule has 0 bridgehead atoms. The van der Waals surface area contributed by atoms with Gasteiger partial charge in [0.2, 0.25) is 5.91 Å². The molecule has 9 nitrogen and oxygen atoms in total. The quantitative estimate of drug-likeness (QED) is 0.521. The summed E-state index contributed by atoms with van der Waals surface area (Å²) >= 11 is 0. The van der Waals surface area contributed by atoms with Gasteiger partial charge in [0.1, 0.15) is 5.69 Å². The number of benzene rings is 1. The maximum atomic E-state index is 11.6. The van der Waals surface area contributed by atoms with E-state index in [1.165, 1.54) is 11.0 Å². The predicted molar refractivity (Wildman–Crippen MR) is 97.3 cm³/mol. The number of esters is 1. The summed E-state index contributed by atoms with van der Waals surface area (Å²) in [5.74, 6) is -1.50. The Hall–Kier alpha value is -3.49. The Morgan fingerprint density at radius 2 is 1.96 bits per heavy atom. The zero-order chi connectivity index (χ0) is 19.6. The van der Waals surface area contributed by atoms with Gasteiger partial charge in [-0.3, -0.25) is 9.59 Å². The highest BCUT2D eigenvalue weighted by Crippen LogP contribution is 2.03. The Morgan fingerprint density at radius 1 is 1.22 bits per heavy atom. The van der Waals surface area contributed by atoms with Crippen molar-refractivity contribution in [2.24, 2.45) is 0 Å². The molecule has 1 heterocycles. The van der Waals surface area contributed by atoms with Crippen LogP contribution in [0.5, 0.6) is 0 Å². The first kappa shape index (κ1) is 19.8. The zero-order valence-electron chi connectivity index (χ0n) is 15.2. The molecule has 1 aromatic carbocycles. The molecule has 142 valence electrons. The molecule has 0 aliphatic rings. The van der Waals surface area contributed by atoms with Gasteiger partial charge in [-0.15, -0.1) is 5.10 Å². The van der Waals surface area contributed by atoms with Crippen LogP contribution in [0.4, 0.5) is 0 Å². The van der Waals surface area contributed by atoms with E-state index >= 15 is 0 Å². The molecule has 0 saturated carbocycles. The number of likely N-dealkylation sites (N-methyl/N-ethyl adjacent to an activating group) is 1. The standard InChI is InChI=1S/C18H21N5O4/c1-22(2)17(25)10-19-16(24)13-27-18(26)9-8-15-12-23(21-20-15)11-14-6-4-3-5-7-14/h3-9,12H,10-11,13H2,1-2H3,(H,19,24)/b9-8+. The van der Waals surface area contributed by atoms with E-state index < -0.39 is 18.5 Å². The molecule has 27 heavy (non-hydrogen) atoms. The minimum absolute atomic E-state index is 0.149. The van der Waals surface area contributed by atoms with Gasteiger partial charge in [-0.25, -0.2) is 9.48 Å². The summed E-state index contributed by atoms with van der Waals surface area (Å²) in [6.07, 6.45) is 4.30. The number of carbonyl (C=O) groups excluding carboxylic acids is 3. The van der Waals surface area contributed by atoms with E-state index in [-0.39, 0.29) is 12.5 Å². The number of rotatable bonds is 8. The summed E-state index contributed by atoms with van der Waals surface area (Å²) in [5, 5.41) is 10.3. The molecule has 0 spiro atoms. The summed E-state index contributed by atoms with van der Waals surface area (Å²) in [6, 6.07) is 9.77. The largest absolute Gasteiger partial charge is 0.452 e. The highest BCUT2D eigenvalue weighted by molar-refractivity contribution is 5.90. The van der Waals surface area contributed by atoms with E-state index in [0.717, 1.165) is 11.6 Å². The maximum absolute atomic E-state index is 11.6. The van der Waals surface area contributed by atoms with Gasteiger partial charge in [-0.05, 0) is 11.6 Å². The molecule has 1 N–H and O–H groups in total. The van der Waals surface area contributed by atoms with Crippen LogP contribution in [0.25, 0.3) is 6.08 Å². The van der Waals surface area contributed by atoms with Crippen LogP contribution in [0.3, 0.4) is 0 Å². The lowest BCUT2D eigenvalue weighted by molar-refractivity contribution is -0.144. The van der Waals surface area contributed by atoms with E-state index in [1.54, 1.807) is 25.0 Å². The summed E-state index contributed by atoms with van der Waals surface area (Å²) in [6.45, 7) is -0.0493. The van der Waals surface area contributed by atoms with Crippen LogP contribution in [-0.4, -0.2) is 64.9 Å². The fourth-order valence-corrected chi connectivity index (χ4v) is 1.96. The lowest BCUT2D eigenvalue weighted by atomic mass is 10.2. The summed E-state index contributed by atoms with van der Waals surface area (Å²) in [4.78, 5) is 35.8. The SMILES string of the molecule is CN(C)C(=O)CNC(=O)COC(=O)/C=C/c1cn(Cc2ccccc2)nn1. The molecule has 0 aliphatic carbocycles. The van der Waals surface area contributed by atoms with E-state index in [2.05, 4.69) is 15.6 Å². The van der Waals surface area contributed by atoms with Crippen LogP contribution >= 0.6 is 0 Å². The number of aromatic nitrogens is 3. The molecule has 1 aromatic heterocycles. The van der Waals surface area contributed by atoms with Gasteiger partial charge in [-0.2, -0.15) is 0 Å². The average Bonchev–Trinajstić information content (AvgIpc) is 3.10. The maximum Gasteiger partial charge on any atom is 0.331 e. The van der Waals surface area contributed by atoms with Crippen LogP contribution in [0.1, 0.15) is 11.3 Å². The summed E-state index contributed by atoms with van der Waals surface area (Å²) in [7, 11) is 3.16. The van der Waals surface area contributed by atoms with Crippen LogP contribution in [-0.2, 0) is 25.7 Å². The van der Waals surface area contributed by atoms with Gasteiger partial charge >= 0.3 is 5.97 Å². The number of carbonyl (C=O) groups is 3. The molecular weight excluding hydrogens is 350 g/mol. The highest BCUT2D eigenvalue weighted by Gasteiger charge is 2.09. The van der Waals surface area contributed by atoms with Crippen molar-refractivity contribution < 1.29 is 19.1 Å². The average molecular weight is 371 g/mol. The Morgan fingerprint density at radius 3 is 2.67 bits per heavy atom. The molecule has 2 rings (SSSR count). The lowest BCUT2D eigenvalue weighted by Crippen LogP contribution is -2.38. The second-order valence-electron chi connectivity index (χ2n) is 5.83. The lowest BCUT2D eigenvalue weighted by Gasteiger charge is -2.10. The molecule has 0 unspecified atom stereocenters. The number of hydrogen-bond donors (Lipinski definition) is 1. The monoisotopic (exact) mass is 371 g/mol. The first-order valence-corrected chi connectivity index (χ1v) is 8.20. The molecule has 0 atom stereocenters. The predicted octanol–water partition coefficient (Wildman–Crippen LogP) is 0.0872. The van der Waals surface area contributed by atoms with E-state index in [1.807, 2.05) is 30.3 Å². The Labute approximate surface area is 156 Å². The molecule has 0 saturated heterocycles. The Balaban J connectivity index is 1.75. The second kappa shape index (κ2) is 9.85. The second-order valence-corrected chi connectivity index (χ2v) is 5.83. The van der Waals surface area contributed by atoms with E-state index in [9.17, 15) is 14.4 Å². The van der Waals surface area contributed by atoms with Gasteiger partial charge in [-0.1, -0.05) is 35.5 Å². The molecule has 9 heteroatoms. The zero-order valence-corrected chi connectivity index (χ0v) is 15.2. The van der Waals surface area contributed by atoms with Crippen molar-refractivity contribution in [1.82, 2.24) is 25.2 Å². The van der Waals surface area contributed by atoms with Crippen LogP contribution in [0.2, 0.25) is 0 Å². The fraction of sp³-hybridized carbons (Fsp3) is 0.278. The van der Waals surface area contributed by atoms with Crippen LogP contribution in [0, 0.1) is 0 Å². The summed E-state index contributed by atoms with van der Waals surface area (Å²) in [5.41, 5.74) is 1.57. The Kier molecular flexibility index (Phi) is 7.24. The van der Waals surface area contributed by atoms with E-state index in [4.69, 9.17) is 4.74 Å². The van der Waals surface area contributed by atoms with Gasteiger partial charge in [0.15, 0.2) is 6.61 Å². The van der Waals surface area contributed by atoms with Crippen LogP contribution in [0.15, 0.2) is 42.6 Å². The third-order valence-electron chi connectivity index (χ3n) is 3.42. The highest BCUT2D eigenvalue weighted by atomic mass is 16.5. The smallest absolute Gasteiger partial charge is 0.331 e. The third-order valence-corrected chi connectivity index (χ3v) is 3.42. The minimum Gasteiger partial charge on any atom is -0.452 e. The van der Waals surface area contributed by atoms with Crippen molar-refractivity contribution in [2.45, 2.75) is 6.54 Å². The van der Waals surface area contributed by atoms with Gasteiger partial charge < -0.3 is 15.0 Å². The van der Waals surface area contributed by atoms with Crippen molar-refractivity contribution in [3.05, 3.63) is 53.9 Å². The van der Waals surface area contributed by atoms with Crippen molar-refractivity contribution in [3.8, 4) is 0 Å². The van der Waals surface area contributed by atoms with Gasteiger partial charge in [0, 0.05) is 20.2 Å². The first-order valence-electron chi connectivity index (χ1n) is 8.20. The molecule has 0 radical (unpaired) electrons. The molecular formula is C18H21N5O4. The number of ether oxygens (including phenoxy) is 1. The third kappa shape index (κ3) is 7.10. The first-order chi connectivity index (χ1) is 12.9. The van der Waals surface area contributed by atoms with Crippen molar-refractivity contribution >= 4 is 23.9 Å². The topological polar surface area (TPSA) is 106 Å². The minimum atomic E-state index is -0.693. The van der Waals surface area contributed by atoms with Crippen molar-refractivity contribution in [2.75, 3.05) is 27.2 Å².